The lowest BCUT2D eigenvalue weighted by Crippen LogP contribution is -2.33. The Kier molecular flexibility index (Phi) is 11.3. The van der Waals surface area contributed by atoms with Crippen LogP contribution in [0.1, 0.15) is 71.1 Å². The van der Waals surface area contributed by atoms with Crippen LogP contribution in [0.3, 0.4) is 0 Å². The lowest BCUT2D eigenvalue weighted by molar-refractivity contribution is -0.142. The molecule has 1 N–H and O–H groups in total. The van der Waals surface area contributed by atoms with E-state index in [1.807, 2.05) is 0 Å². The Balaban J connectivity index is 1.72. The summed E-state index contributed by atoms with van der Waals surface area (Å²) in [5, 5.41) is 9.01. The average molecular weight is 411 g/mol. The Morgan fingerprint density at radius 3 is 2.21 bits per heavy atom. The molecule has 2 fully saturated rings. The summed E-state index contributed by atoms with van der Waals surface area (Å²) in [5.74, 6) is 1.95. The first-order valence-electron chi connectivity index (χ1n) is 11.6. The predicted molar refractivity (Wildman–Crippen MR) is 115 cm³/mol. The van der Waals surface area contributed by atoms with E-state index in [4.69, 9.17) is 19.3 Å². The first-order chi connectivity index (χ1) is 14.1. The summed E-state index contributed by atoms with van der Waals surface area (Å²) >= 11 is 0. The molecule has 0 heterocycles. The van der Waals surface area contributed by atoms with Gasteiger partial charge in [-0.15, -0.1) is 0 Å². The third-order valence-corrected chi connectivity index (χ3v) is 7.01. The Hall–Kier alpha value is -0.910. The van der Waals surface area contributed by atoms with Crippen molar-refractivity contribution in [1.82, 2.24) is 0 Å². The van der Waals surface area contributed by atoms with Crippen LogP contribution in [0, 0.1) is 23.7 Å². The van der Waals surface area contributed by atoms with Crippen LogP contribution < -0.4 is 0 Å². The van der Waals surface area contributed by atoms with Gasteiger partial charge in [0.25, 0.3) is 0 Å². The van der Waals surface area contributed by atoms with Gasteiger partial charge in [0.05, 0.1) is 31.5 Å². The third-order valence-electron chi connectivity index (χ3n) is 7.01. The van der Waals surface area contributed by atoms with Gasteiger partial charge in [-0.3, -0.25) is 0 Å². The van der Waals surface area contributed by atoms with Gasteiger partial charge in [0.1, 0.15) is 0 Å². The number of hydrogen-bond acceptors (Lipinski definition) is 5. The van der Waals surface area contributed by atoms with E-state index in [0.29, 0.717) is 25.2 Å². The predicted octanol–water partition coefficient (Wildman–Crippen LogP) is 4.52. The third kappa shape index (κ3) is 8.03. The van der Waals surface area contributed by atoms with Gasteiger partial charge in [0.2, 0.25) is 0 Å². The van der Waals surface area contributed by atoms with Crippen LogP contribution in [-0.4, -0.2) is 50.7 Å². The molecule has 2 rings (SSSR count). The molecule has 29 heavy (non-hydrogen) atoms. The van der Waals surface area contributed by atoms with Gasteiger partial charge in [-0.2, -0.15) is 0 Å². The molecule has 0 aromatic heterocycles. The lowest BCUT2D eigenvalue weighted by atomic mass is 9.68. The van der Waals surface area contributed by atoms with Crippen molar-refractivity contribution in [3.63, 3.8) is 0 Å². The molecule has 168 valence electrons. The van der Waals surface area contributed by atoms with Gasteiger partial charge >= 0.3 is 5.97 Å². The molecule has 0 aliphatic heterocycles. The highest BCUT2D eigenvalue weighted by atomic mass is 16.5. The maximum Gasteiger partial charge on any atom is 0.335 e. The first-order valence-corrected chi connectivity index (χ1v) is 11.6. The zero-order valence-corrected chi connectivity index (χ0v) is 18.6. The zero-order chi connectivity index (χ0) is 21.1. The summed E-state index contributed by atoms with van der Waals surface area (Å²) in [4.78, 5) is 11.8. The Labute approximate surface area is 177 Å². The Morgan fingerprint density at radius 2 is 1.66 bits per heavy atom. The van der Waals surface area contributed by atoms with E-state index in [1.54, 1.807) is 7.11 Å². The molecule has 2 aliphatic carbocycles. The summed E-state index contributed by atoms with van der Waals surface area (Å²) in [6, 6.07) is 0. The van der Waals surface area contributed by atoms with Crippen LogP contribution in [0.15, 0.2) is 12.2 Å². The maximum absolute atomic E-state index is 11.8. The van der Waals surface area contributed by atoms with E-state index < -0.39 is 5.97 Å². The van der Waals surface area contributed by atoms with Crippen molar-refractivity contribution in [2.45, 2.75) is 77.2 Å². The summed E-state index contributed by atoms with van der Waals surface area (Å²) < 4.78 is 16.8. The van der Waals surface area contributed by atoms with E-state index in [0.717, 1.165) is 18.4 Å². The van der Waals surface area contributed by atoms with Crippen LogP contribution in [0.2, 0.25) is 0 Å². The second-order valence-corrected chi connectivity index (χ2v) is 9.01. The highest BCUT2D eigenvalue weighted by Crippen LogP contribution is 2.42. The van der Waals surface area contributed by atoms with Gasteiger partial charge in [0, 0.05) is 19.6 Å². The summed E-state index contributed by atoms with van der Waals surface area (Å²) in [5.41, 5.74) is 0.110. The standard InChI is InChI=1S/C24H42O5/c1-4-5-14-28-23-12-10-20(11-13-23)19-6-8-21(9-7-19)22(16-27-3)17-29-24(26)18(2)15-25/h19-23,25H,2,4-17H2,1,3H3. The van der Waals surface area contributed by atoms with Crippen molar-refractivity contribution in [3.8, 4) is 0 Å². The van der Waals surface area contributed by atoms with Crippen molar-refractivity contribution in [2.24, 2.45) is 23.7 Å². The highest BCUT2D eigenvalue weighted by molar-refractivity contribution is 5.87. The summed E-state index contributed by atoms with van der Waals surface area (Å²) in [6.45, 7) is 7.27. The number of rotatable bonds is 12. The number of carbonyl (C=O) groups is 1. The fourth-order valence-electron chi connectivity index (χ4n) is 5.09. The van der Waals surface area contributed by atoms with Crippen molar-refractivity contribution >= 4 is 5.97 Å². The van der Waals surface area contributed by atoms with Gasteiger partial charge < -0.3 is 19.3 Å². The largest absolute Gasteiger partial charge is 0.462 e. The van der Waals surface area contributed by atoms with Gasteiger partial charge in [-0.1, -0.05) is 19.9 Å². The highest BCUT2D eigenvalue weighted by Gasteiger charge is 2.34. The molecule has 5 heteroatoms. The van der Waals surface area contributed by atoms with E-state index in [2.05, 4.69) is 13.5 Å². The van der Waals surface area contributed by atoms with Crippen LogP contribution in [-0.2, 0) is 19.0 Å². The fraction of sp³-hybridized carbons (Fsp3) is 0.875. The molecule has 1 unspecified atom stereocenters. The van der Waals surface area contributed by atoms with Gasteiger partial charge in [0.15, 0.2) is 0 Å². The molecule has 2 aliphatic rings. The molecule has 5 nitrogen and oxygen atoms in total. The number of ether oxygens (including phenoxy) is 3. The molecule has 2 saturated carbocycles. The molecular formula is C24H42O5. The molecule has 0 aromatic carbocycles. The van der Waals surface area contributed by atoms with E-state index in [1.165, 1.54) is 64.2 Å². The van der Waals surface area contributed by atoms with Crippen molar-refractivity contribution in [3.05, 3.63) is 12.2 Å². The number of carbonyl (C=O) groups excluding carboxylic acids is 1. The average Bonchev–Trinajstić information content (AvgIpc) is 2.76. The quantitative estimate of drug-likeness (QED) is 0.291. The molecule has 0 bridgehead atoms. The minimum atomic E-state index is -0.500. The molecule has 0 amide bonds. The molecule has 0 spiro atoms. The van der Waals surface area contributed by atoms with Gasteiger partial charge in [-0.25, -0.2) is 4.79 Å². The fourth-order valence-corrected chi connectivity index (χ4v) is 5.09. The van der Waals surface area contributed by atoms with Crippen LogP contribution in [0.4, 0.5) is 0 Å². The second kappa shape index (κ2) is 13.4. The Bertz CT molecular complexity index is 476. The number of aliphatic hydroxyl groups excluding tert-OH is 1. The maximum atomic E-state index is 11.8. The van der Waals surface area contributed by atoms with Crippen LogP contribution in [0.25, 0.3) is 0 Å². The molecule has 0 saturated heterocycles. The molecular weight excluding hydrogens is 368 g/mol. The lowest BCUT2D eigenvalue weighted by Gasteiger charge is -2.39. The number of methoxy groups -OCH3 is 1. The normalized spacial score (nSPS) is 28.7. The Morgan fingerprint density at radius 1 is 1.03 bits per heavy atom. The van der Waals surface area contributed by atoms with Crippen molar-refractivity contribution in [2.75, 3.05) is 33.5 Å². The number of esters is 1. The molecule has 1 atom stereocenters. The molecule has 0 aromatic rings. The van der Waals surface area contributed by atoms with Crippen molar-refractivity contribution < 1.29 is 24.1 Å². The smallest absolute Gasteiger partial charge is 0.335 e. The second-order valence-electron chi connectivity index (χ2n) is 9.01. The summed E-state index contributed by atoms with van der Waals surface area (Å²) in [6.07, 6.45) is 12.9. The SMILES string of the molecule is C=C(CO)C(=O)OCC(COC)C1CCC(C2CCC(OCCCC)CC2)CC1. The van der Waals surface area contributed by atoms with E-state index >= 15 is 0 Å². The van der Waals surface area contributed by atoms with Crippen LogP contribution >= 0.6 is 0 Å². The monoisotopic (exact) mass is 410 g/mol. The molecule has 0 radical (unpaired) electrons. The van der Waals surface area contributed by atoms with Gasteiger partial charge in [-0.05, 0) is 75.5 Å². The van der Waals surface area contributed by atoms with Crippen LogP contribution in [0.5, 0.6) is 0 Å². The number of aliphatic hydroxyl groups is 1. The number of unbranched alkanes of at least 4 members (excludes halogenated alkanes) is 1. The topological polar surface area (TPSA) is 65.0 Å². The summed E-state index contributed by atoms with van der Waals surface area (Å²) in [7, 11) is 1.70. The van der Waals surface area contributed by atoms with Crippen molar-refractivity contribution in [1.29, 1.82) is 0 Å². The zero-order valence-electron chi connectivity index (χ0n) is 18.6. The van der Waals surface area contributed by atoms with E-state index in [-0.39, 0.29) is 18.1 Å². The van der Waals surface area contributed by atoms with E-state index in [9.17, 15) is 4.79 Å². The minimum absolute atomic E-state index is 0.110. The first kappa shape index (κ1) is 24.4. The number of hydrogen-bond donors (Lipinski definition) is 1. The minimum Gasteiger partial charge on any atom is -0.462 e.